The van der Waals surface area contributed by atoms with Gasteiger partial charge in [-0.2, -0.15) is 0 Å². The maximum absolute atomic E-state index is 13.0. The lowest BCUT2D eigenvalue weighted by molar-refractivity contribution is 0.00387. The van der Waals surface area contributed by atoms with Crippen molar-refractivity contribution in [3.63, 3.8) is 0 Å². The first-order chi connectivity index (χ1) is 14.4. The standard InChI is InChI=1S/C22H28N4O4/c1-29-19-11-17(23)15(21(24)27)10-16(19)22(28)25-18-8-9-26(13-20(18)30-2)12-14-6-4-3-5-7-14/h3-7,10-11,18,20H,8-9,12-13,23H2,1-2H3,(H2,24,27)(H,25,28)/t18-,20+/m0/s1. The number of nitrogens with one attached hydrogen (secondary N) is 1. The molecule has 0 radical (unpaired) electrons. The van der Waals surface area contributed by atoms with E-state index in [0.717, 1.165) is 19.5 Å². The monoisotopic (exact) mass is 412 g/mol. The second-order valence-corrected chi connectivity index (χ2v) is 7.37. The van der Waals surface area contributed by atoms with E-state index in [4.69, 9.17) is 20.9 Å². The number of nitrogens with two attached hydrogens (primary N) is 2. The van der Waals surface area contributed by atoms with Crippen LogP contribution < -0.4 is 21.5 Å². The summed E-state index contributed by atoms with van der Waals surface area (Å²) in [6.45, 7) is 2.35. The van der Waals surface area contributed by atoms with Gasteiger partial charge in [0.2, 0.25) is 0 Å². The van der Waals surface area contributed by atoms with Crippen LogP contribution in [0.3, 0.4) is 0 Å². The van der Waals surface area contributed by atoms with Gasteiger partial charge in [0.15, 0.2) is 0 Å². The second kappa shape index (κ2) is 9.60. The molecule has 30 heavy (non-hydrogen) atoms. The fourth-order valence-corrected chi connectivity index (χ4v) is 3.77. The normalized spacial score (nSPS) is 19.3. The molecule has 0 aliphatic carbocycles. The molecule has 2 aromatic rings. The summed E-state index contributed by atoms with van der Waals surface area (Å²) in [6.07, 6.45) is 0.568. The summed E-state index contributed by atoms with van der Waals surface area (Å²) in [5, 5.41) is 3.02. The topological polar surface area (TPSA) is 120 Å². The van der Waals surface area contributed by atoms with Crippen LogP contribution in [0.4, 0.5) is 5.69 Å². The number of rotatable bonds is 7. The Hall–Kier alpha value is -3.10. The molecule has 1 saturated heterocycles. The van der Waals surface area contributed by atoms with E-state index in [1.807, 2.05) is 18.2 Å². The van der Waals surface area contributed by atoms with Crippen LogP contribution in [0.2, 0.25) is 0 Å². The van der Waals surface area contributed by atoms with Crippen molar-refractivity contribution in [3.05, 3.63) is 59.2 Å². The zero-order valence-electron chi connectivity index (χ0n) is 17.3. The van der Waals surface area contributed by atoms with Crippen LogP contribution in [-0.2, 0) is 11.3 Å². The van der Waals surface area contributed by atoms with E-state index in [9.17, 15) is 9.59 Å². The van der Waals surface area contributed by atoms with Crippen LogP contribution in [0.15, 0.2) is 42.5 Å². The van der Waals surface area contributed by atoms with Gasteiger partial charge in [0.25, 0.3) is 11.8 Å². The van der Waals surface area contributed by atoms with Gasteiger partial charge in [-0.25, -0.2) is 0 Å². The number of nitrogens with zero attached hydrogens (tertiary/aromatic N) is 1. The van der Waals surface area contributed by atoms with E-state index < -0.39 is 5.91 Å². The maximum Gasteiger partial charge on any atom is 0.255 e. The Morgan fingerprint density at radius 1 is 1.17 bits per heavy atom. The highest BCUT2D eigenvalue weighted by atomic mass is 16.5. The SMILES string of the molecule is COc1cc(N)c(C(N)=O)cc1C(=O)N[C@H]1CCN(Cc2ccccc2)C[C@H]1OC. The molecule has 5 N–H and O–H groups in total. The number of amides is 2. The van der Waals surface area contributed by atoms with Crippen molar-refractivity contribution in [1.29, 1.82) is 0 Å². The first-order valence-corrected chi connectivity index (χ1v) is 9.80. The van der Waals surface area contributed by atoms with Crippen molar-refractivity contribution < 1.29 is 19.1 Å². The van der Waals surface area contributed by atoms with Crippen molar-refractivity contribution in [3.8, 4) is 5.75 Å². The number of likely N-dealkylation sites (tertiary alicyclic amines) is 1. The van der Waals surface area contributed by atoms with Gasteiger partial charge in [-0.15, -0.1) is 0 Å². The van der Waals surface area contributed by atoms with Crippen LogP contribution in [0.5, 0.6) is 5.75 Å². The Morgan fingerprint density at radius 2 is 1.90 bits per heavy atom. The van der Waals surface area contributed by atoms with Gasteiger partial charge in [-0.1, -0.05) is 30.3 Å². The van der Waals surface area contributed by atoms with Crippen molar-refractivity contribution in [2.24, 2.45) is 5.73 Å². The van der Waals surface area contributed by atoms with Crippen LogP contribution >= 0.6 is 0 Å². The Labute approximate surface area is 176 Å². The Kier molecular flexibility index (Phi) is 6.91. The molecule has 2 aromatic carbocycles. The minimum atomic E-state index is -0.701. The molecule has 1 aliphatic rings. The second-order valence-electron chi connectivity index (χ2n) is 7.37. The summed E-state index contributed by atoms with van der Waals surface area (Å²) in [5.74, 6) is -0.781. The average Bonchev–Trinajstić information content (AvgIpc) is 2.74. The number of hydrogen-bond donors (Lipinski definition) is 3. The van der Waals surface area contributed by atoms with Gasteiger partial charge in [-0.3, -0.25) is 14.5 Å². The average molecular weight is 412 g/mol. The van der Waals surface area contributed by atoms with Crippen molar-refractivity contribution in [2.75, 3.05) is 33.0 Å². The smallest absolute Gasteiger partial charge is 0.255 e. The minimum Gasteiger partial charge on any atom is -0.496 e. The highest BCUT2D eigenvalue weighted by Crippen LogP contribution is 2.26. The molecule has 0 aromatic heterocycles. The molecule has 0 spiro atoms. The highest BCUT2D eigenvalue weighted by molar-refractivity contribution is 6.04. The number of hydrogen-bond acceptors (Lipinski definition) is 6. The molecule has 1 heterocycles. The number of primary amides is 1. The van der Waals surface area contributed by atoms with Gasteiger partial charge in [0.1, 0.15) is 5.75 Å². The zero-order valence-corrected chi connectivity index (χ0v) is 17.3. The number of anilines is 1. The van der Waals surface area contributed by atoms with Crippen LogP contribution in [0.25, 0.3) is 0 Å². The largest absolute Gasteiger partial charge is 0.496 e. The summed E-state index contributed by atoms with van der Waals surface area (Å²) in [4.78, 5) is 26.9. The summed E-state index contributed by atoms with van der Waals surface area (Å²) in [5.41, 5.74) is 12.9. The Balaban J connectivity index is 1.71. The quantitative estimate of drug-likeness (QED) is 0.591. The number of carbonyl (C=O) groups is 2. The highest BCUT2D eigenvalue weighted by Gasteiger charge is 2.31. The molecule has 1 aliphatic heterocycles. The molecule has 1 fully saturated rings. The summed E-state index contributed by atoms with van der Waals surface area (Å²) >= 11 is 0. The summed E-state index contributed by atoms with van der Waals surface area (Å²) in [6, 6.07) is 12.9. The molecule has 3 rings (SSSR count). The Morgan fingerprint density at radius 3 is 2.53 bits per heavy atom. The van der Waals surface area contributed by atoms with Crippen molar-refractivity contribution >= 4 is 17.5 Å². The lowest BCUT2D eigenvalue weighted by Gasteiger charge is -2.38. The van der Waals surface area contributed by atoms with Gasteiger partial charge in [-0.05, 0) is 18.1 Å². The molecule has 2 amide bonds. The van der Waals surface area contributed by atoms with E-state index >= 15 is 0 Å². The fourth-order valence-electron chi connectivity index (χ4n) is 3.77. The van der Waals surface area contributed by atoms with Crippen molar-refractivity contribution in [2.45, 2.75) is 25.1 Å². The van der Waals surface area contributed by atoms with Crippen molar-refractivity contribution in [1.82, 2.24) is 10.2 Å². The fraction of sp³-hybridized carbons (Fsp3) is 0.364. The molecule has 160 valence electrons. The Bertz CT molecular complexity index is 904. The van der Waals surface area contributed by atoms with Gasteiger partial charge in [0, 0.05) is 38.5 Å². The number of benzene rings is 2. The molecule has 8 heteroatoms. The number of methoxy groups -OCH3 is 2. The number of nitrogen functional groups attached to an aromatic ring is 1. The molecule has 0 unspecified atom stereocenters. The third-order valence-electron chi connectivity index (χ3n) is 5.39. The van der Waals surface area contributed by atoms with E-state index in [2.05, 4.69) is 22.3 Å². The summed E-state index contributed by atoms with van der Waals surface area (Å²) in [7, 11) is 3.08. The third kappa shape index (κ3) is 4.90. The van der Waals surface area contributed by atoms with Crippen LogP contribution in [-0.4, -0.2) is 56.2 Å². The maximum atomic E-state index is 13.0. The van der Waals surface area contributed by atoms with Crippen LogP contribution in [0, 0.1) is 0 Å². The third-order valence-corrected chi connectivity index (χ3v) is 5.39. The number of piperidine rings is 1. The number of carbonyl (C=O) groups excluding carboxylic acids is 2. The van der Waals surface area contributed by atoms with Gasteiger partial charge >= 0.3 is 0 Å². The molecule has 2 atom stereocenters. The molecule has 0 bridgehead atoms. The molecular formula is C22H28N4O4. The predicted molar refractivity (Wildman–Crippen MR) is 114 cm³/mol. The first-order valence-electron chi connectivity index (χ1n) is 9.80. The first kappa shape index (κ1) is 21.6. The predicted octanol–water partition coefficient (Wildman–Crippen LogP) is 1.40. The molecule has 0 saturated carbocycles. The van der Waals surface area contributed by atoms with Gasteiger partial charge in [0.05, 0.1) is 30.4 Å². The van der Waals surface area contributed by atoms with E-state index in [-0.39, 0.29) is 40.6 Å². The van der Waals surface area contributed by atoms with Crippen LogP contribution in [0.1, 0.15) is 32.7 Å². The summed E-state index contributed by atoms with van der Waals surface area (Å²) < 4.78 is 10.9. The van der Waals surface area contributed by atoms with E-state index in [0.29, 0.717) is 6.54 Å². The lowest BCUT2D eigenvalue weighted by Crippen LogP contribution is -2.54. The lowest BCUT2D eigenvalue weighted by atomic mass is 9.99. The molecule has 8 nitrogen and oxygen atoms in total. The number of ether oxygens (including phenoxy) is 2. The zero-order chi connectivity index (χ0) is 21.7. The minimum absolute atomic E-state index is 0.0851. The van der Waals surface area contributed by atoms with E-state index in [1.54, 1.807) is 7.11 Å². The molecular weight excluding hydrogens is 384 g/mol. The van der Waals surface area contributed by atoms with E-state index in [1.165, 1.54) is 24.8 Å². The van der Waals surface area contributed by atoms with Gasteiger partial charge < -0.3 is 26.3 Å².